The van der Waals surface area contributed by atoms with Crippen LogP contribution in [-0.2, 0) is 14.6 Å². The van der Waals surface area contributed by atoms with E-state index in [2.05, 4.69) is 0 Å². The minimum atomic E-state index is -3.31. The molecule has 1 aromatic carbocycles. The van der Waals surface area contributed by atoms with Crippen LogP contribution in [0.25, 0.3) is 0 Å². The molecule has 1 unspecified atom stereocenters. The molecule has 19 heavy (non-hydrogen) atoms. The molecule has 1 amide bonds. The maximum Gasteiger partial charge on any atom is 0.242 e. The summed E-state index contributed by atoms with van der Waals surface area (Å²) in [5.41, 5.74) is 7.48. The quantitative estimate of drug-likeness (QED) is 0.872. The average Bonchev–Trinajstić information content (AvgIpc) is 2.67. The Kier molecular flexibility index (Phi) is 3.91. The first-order valence-electron chi connectivity index (χ1n) is 6.19. The van der Waals surface area contributed by atoms with Crippen molar-refractivity contribution in [1.29, 1.82) is 0 Å². The SMILES string of the molecule is CS(=O)(=O)CC(=O)N1CC(CCN)c2ccccc21. The molecular weight excluding hydrogens is 264 g/mol. The van der Waals surface area contributed by atoms with Gasteiger partial charge in [0.05, 0.1) is 0 Å². The van der Waals surface area contributed by atoms with Crippen LogP contribution in [0.1, 0.15) is 17.9 Å². The zero-order valence-electron chi connectivity index (χ0n) is 10.9. The van der Waals surface area contributed by atoms with E-state index in [9.17, 15) is 13.2 Å². The third-order valence-electron chi connectivity index (χ3n) is 3.27. The lowest BCUT2D eigenvalue weighted by atomic mass is 9.98. The first-order valence-corrected chi connectivity index (χ1v) is 8.25. The van der Waals surface area contributed by atoms with Crippen LogP contribution in [0.3, 0.4) is 0 Å². The summed E-state index contributed by atoms with van der Waals surface area (Å²) in [5, 5.41) is 0. The molecular formula is C13H18N2O3S. The Morgan fingerprint density at radius 3 is 2.74 bits per heavy atom. The zero-order valence-corrected chi connectivity index (χ0v) is 11.7. The lowest BCUT2D eigenvalue weighted by Crippen LogP contribution is -2.34. The van der Waals surface area contributed by atoms with Gasteiger partial charge >= 0.3 is 0 Å². The van der Waals surface area contributed by atoms with Gasteiger partial charge in [0.15, 0.2) is 9.84 Å². The summed E-state index contributed by atoms with van der Waals surface area (Å²) in [6.07, 6.45) is 1.86. The molecule has 0 spiro atoms. The van der Waals surface area contributed by atoms with E-state index in [4.69, 9.17) is 5.73 Å². The average molecular weight is 282 g/mol. The van der Waals surface area contributed by atoms with Crippen LogP contribution in [0, 0.1) is 0 Å². The van der Waals surface area contributed by atoms with Crippen LogP contribution in [0.2, 0.25) is 0 Å². The number of nitrogens with zero attached hydrogens (tertiary/aromatic N) is 1. The summed E-state index contributed by atoms with van der Waals surface area (Å²) < 4.78 is 22.5. The molecule has 0 radical (unpaired) electrons. The highest BCUT2D eigenvalue weighted by molar-refractivity contribution is 7.91. The molecule has 0 aromatic heterocycles. The standard InChI is InChI=1S/C13H18N2O3S/c1-19(17,18)9-13(16)15-8-10(6-7-14)11-4-2-3-5-12(11)15/h2-5,10H,6-9,14H2,1H3. The first-order chi connectivity index (χ1) is 8.92. The van der Waals surface area contributed by atoms with Crippen molar-refractivity contribution in [3.05, 3.63) is 29.8 Å². The number of benzene rings is 1. The van der Waals surface area contributed by atoms with Gasteiger partial charge in [0.1, 0.15) is 5.75 Å². The predicted molar refractivity (Wildman–Crippen MR) is 74.9 cm³/mol. The topological polar surface area (TPSA) is 80.5 Å². The van der Waals surface area contributed by atoms with Crippen LogP contribution in [0.4, 0.5) is 5.69 Å². The predicted octanol–water partition coefficient (Wildman–Crippen LogP) is 0.510. The Hall–Kier alpha value is -1.40. The summed E-state index contributed by atoms with van der Waals surface area (Å²) in [4.78, 5) is 13.7. The minimum Gasteiger partial charge on any atom is -0.330 e. The van der Waals surface area contributed by atoms with Crippen molar-refractivity contribution in [2.75, 3.05) is 30.0 Å². The number of carbonyl (C=O) groups is 1. The molecule has 1 aromatic rings. The van der Waals surface area contributed by atoms with Gasteiger partial charge in [-0.15, -0.1) is 0 Å². The van der Waals surface area contributed by atoms with E-state index in [-0.39, 0.29) is 11.8 Å². The van der Waals surface area contributed by atoms with Crippen LogP contribution >= 0.6 is 0 Å². The second-order valence-corrected chi connectivity index (χ2v) is 7.05. The smallest absolute Gasteiger partial charge is 0.242 e. The summed E-state index contributed by atoms with van der Waals surface area (Å²) in [6, 6.07) is 7.60. The van der Waals surface area contributed by atoms with E-state index >= 15 is 0 Å². The number of sulfone groups is 1. The monoisotopic (exact) mass is 282 g/mol. The Morgan fingerprint density at radius 2 is 2.11 bits per heavy atom. The van der Waals surface area contributed by atoms with Gasteiger partial charge in [-0.1, -0.05) is 18.2 Å². The van der Waals surface area contributed by atoms with Gasteiger partial charge in [0.25, 0.3) is 0 Å². The fraction of sp³-hybridized carbons (Fsp3) is 0.462. The molecule has 6 heteroatoms. The Labute approximate surface area is 113 Å². The molecule has 0 bridgehead atoms. The highest BCUT2D eigenvalue weighted by atomic mass is 32.2. The fourth-order valence-electron chi connectivity index (χ4n) is 2.48. The van der Waals surface area contributed by atoms with Crippen molar-refractivity contribution in [1.82, 2.24) is 0 Å². The zero-order chi connectivity index (χ0) is 14.0. The van der Waals surface area contributed by atoms with Gasteiger partial charge < -0.3 is 10.6 Å². The lowest BCUT2D eigenvalue weighted by molar-refractivity contribution is -0.116. The van der Waals surface area contributed by atoms with Crippen LogP contribution < -0.4 is 10.6 Å². The number of hydrogen-bond donors (Lipinski definition) is 1. The largest absolute Gasteiger partial charge is 0.330 e. The second-order valence-electron chi connectivity index (χ2n) is 4.91. The Balaban J connectivity index is 2.27. The van der Waals surface area contributed by atoms with Crippen molar-refractivity contribution in [2.24, 2.45) is 5.73 Å². The molecule has 5 nitrogen and oxygen atoms in total. The van der Waals surface area contributed by atoms with E-state index in [0.29, 0.717) is 13.1 Å². The summed E-state index contributed by atoms with van der Waals surface area (Å²) in [5.74, 6) is -0.615. The number of hydrogen-bond acceptors (Lipinski definition) is 4. The summed E-state index contributed by atoms with van der Waals surface area (Å²) in [7, 11) is -3.31. The first kappa shape index (κ1) is 14.0. The molecule has 0 fully saturated rings. The lowest BCUT2D eigenvalue weighted by Gasteiger charge is -2.17. The molecule has 2 N–H and O–H groups in total. The van der Waals surface area contributed by atoms with Crippen molar-refractivity contribution < 1.29 is 13.2 Å². The summed E-state index contributed by atoms with van der Waals surface area (Å²) >= 11 is 0. The maximum absolute atomic E-state index is 12.1. The number of fused-ring (bicyclic) bond motifs is 1. The summed E-state index contributed by atoms with van der Waals surface area (Å²) in [6.45, 7) is 1.07. The molecule has 104 valence electrons. The molecule has 0 saturated carbocycles. The van der Waals surface area contributed by atoms with Crippen LogP contribution in [0.5, 0.6) is 0 Å². The highest BCUT2D eigenvalue weighted by Gasteiger charge is 2.32. The Bertz CT molecular complexity index is 583. The third kappa shape index (κ3) is 3.13. The van der Waals surface area contributed by atoms with E-state index in [1.165, 1.54) is 0 Å². The Morgan fingerprint density at radius 1 is 1.42 bits per heavy atom. The molecule has 1 atom stereocenters. The number of carbonyl (C=O) groups excluding carboxylic acids is 1. The molecule has 1 aliphatic rings. The van der Waals surface area contributed by atoms with Gasteiger partial charge in [0, 0.05) is 24.4 Å². The fourth-order valence-corrected chi connectivity index (χ4v) is 3.09. The minimum absolute atomic E-state index is 0.199. The van der Waals surface area contributed by atoms with Gasteiger partial charge in [-0.25, -0.2) is 8.42 Å². The van der Waals surface area contributed by atoms with E-state index in [1.54, 1.807) is 4.90 Å². The number of rotatable bonds is 4. The van der Waals surface area contributed by atoms with Gasteiger partial charge in [-0.2, -0.15) is 0 Å². The van der Waals surface area contributed by atoms with Crippen molar-refractivity contribution in [3.8, 4) is 0 Å². The molecule has 0 saturated heterocycles. The van der Waals surface area contributed by atoms with Gasteiger partial charge in [-0.05, 0) is 24.6 Å². The number of nitrogens with two attached hydrogens (primary N) is 1. The molecule has 1 aliphatic heterocycles. The number of para-hydroxylation sites is 1. The van der Waals surface area contributed by atoms with Gasteiger partial charge in [0.2, 0.25) is 5.91 Å². The number of amides is 1. The third-order valence-corrected chi connectivity index (χ3v) is 4.04. The van der Waals surface area contributed by atoms with Crippen molar-refractivity contribution in [3.63, 3.8) is 0 Å². The second kappa shape index (κ2) is 5.30. The maximum atomic E-state index is 12.1. The van der Waals surface area contributed by atoms with Crippen LogP contribution in [-0.4, -0.2) is 39.4 Å². The molecule has 2 rings (SSSR count). The van der Waals surface area contributed by atoms with E-state index in [1.807, 2.05) is 24.3 Å². The number of anilines is 1. The van der Waals surface area contributed by atoms with Gasteiger partial charge in [-0.3, -0.25) is 4.79 Å². The molecule has 0 aliphatic carbocycles. The van der Waals surface area contributed by atoms with Crippen LogP contribution in [0.15, 0.2) is 24.3 Å². The normalized spacial score (nSPS) is 18.4. The van der Waals surface area contributed by atoms with Crippen molar-refractivity contribution in [2.45, 2.75) is 12.3 Å². The van der Waals surface area contributed by atoms with E-state index in [0.717, 1.165) is 23.9 Å². The molecule has 1 heterocycles. The van der Waals surface area contributed by atoms with E-state index < -0.39 is 15.6 Å². The highest BCUT2D eigenvalue weighted by Crippen LogP contribution is 2.37. The van der Waals surface area contributed by atoms with Crippen molar-refractivity contribution >= 4 is 21.4 Å².